The van der Waals surface area contributed by atoms with Gasteiger partial charge in [0, 0.05) is 57.9 Å². The number of rotatable bonds is 5. The average molecular weight is 355 g/mol. The maximum atomic E-state index is 11.8. The van der Waals surface area contributed by atoms with E-state index in [1.165, 1.54) is 11.3 Å². The molecule has 0 saturated carbocycles. The Morgan fingerprint density at radius 3 is 2.62 bits per heavy atom. The van der Waals surface area contributed by atoms with Crippen LogP contribution in [0.25, 0.3) is 0 Å². The third kappa shape index (κ3) is 4.56. The molecule has 26 heavy (non-hydrogen) atoms. The number of nitrogens with zero attached hydrogens (tertiary/aromatic N) is 3. The van der Waals surface area contributed by atoms with Gasteiger partial charge in [0.2, 0.25) is 5.91 Å². The second-order valence-electron chi connectivity index (χ2n) is 6.79. The molecule has 1 fully saturated rings. The highest BCUT2D eigenvalue weighted by Gasteiger charge is 2.25. The van der Waals surface area contributed by atoms with E-state index in [-0.39, 0.29) is 11.9 Å². The lowest BCUT2D eigenvalue weighted by molar-refractivity contribution is -0.129. The SMILES string of the molecule is CCC(=O)N1CCC(NC(=NC)NCc2ccc(N3CC=CC3)cc2)C1. The average Bonchev–Trinajstić information content (AvgIpc) is 3.37. The molecule has 0 aromatic heterocycles. The molecular formula is C20H29N5O. The molecule has 1 aromatic carbocycles. The van der Waals surface area contributed by atoms with Crippen molar-refractivity contribution in [1.82, 2.24) is 15.5 Å². The van der Waals surface area contributed by atoms with Gasteiger partial charge in [0.1, 0.15) is 0 Å². The number of hydrogen-bond donors (Lipinski definition) is 2. The van der Waals surface area contributed by atoms with Gasteiger partial charge in [-0.05, 0) is 24.1 Å². The Morgan fingerprint density at radius 1 is 1.23 bits per heavy atom. The van der Waals surface area contributed by atoms with Gasteiger partial charge in [0.15, 0.2) is 5.96 Å². The highest BCUT2D eigenvalue weighted by molar-refractivity contribution is 5.80. The summed E-state index contributed by atoms with van der Waals surface area (Å²) in [5.41, 5.74) is 2.48. The summed E-state index contributed by atoms with van der Waals surface area (Å²) >= 11 is 0. The molecule has 1 atom stereocenters. The van der Waals surface area contributed by atoms with E-state index in [1.54, 1.807) is 7.05 Å². The molecule has 3 rings (SSSR count). The number of carbonyl (C=O) groups is 1. The summed E-state index contributed by atoms with van der Waals surface area (Å²) in [6, 6.07) is 8.93. The number of amides is 1. The van der Waals surface area contributed by atoms with Crippen molar-refractivity contribution in [3.63, 3.8) is 0 Å². The summed E-state index contributed by atoms with van der Waals surface area (Å²) in [5.74, 6) is 1.01. The van der Waals surface area contributed by atoms with E-state index in [2.05, 4.69) is 56.9 Å². The minimum atomic E-state index is 0.227. The van der Waals surface area contributed by atoms with Gasteiger partial charge >= 0.3 is 0 Å². The zero-order chi connectivity index (χ0) is 18.4. The number of guanidine groups is 1. The monoisotopic (exact) mass is 355 g/mol. The topological polar surface area (TPSA) is 60.0 Å². The first kappa shape index (κ1) is 18.3. The number of carbonyl (C=O) groups excluding carboxylic acids is 1. The van der Waals surface area contributed by atoms with E-state index in [1.807, 2.05) is 11.8 Å². The summed E-state index contributed by atoms with van der Waals surface area (Å²) in [4.78, 5) is 20.4. The first-order valence-electron chi connectivity index (χ1n) is 9.43. The van der Waals surface area contributed by atoms with Gasteiger partial charge in [-0.15, -0.1) is 0 Å². The van der Waals surface area contributed by atoms with Crippen LogP contribution >= 0.6 is 0 Å². The molecule has 2 heterocycles. The summed E-state index contributed by atoms with van der Waals surface area (Å²) in [5, 5.41) is 6.80. The molecule has 0 spiro atoms. The zero-order valence-electron chi connectivity index (χ0n) is 15.7. The number of likely N-dealkylation sites (tertiary alicyclic amines) is 1. The Labute approximate surface area is 156 Å². The van der Waals surface area contributed by atoms with Crippen LogP contribution in [0.15, 0.2) is 41.4 Å². The Balaban J connectivity index is 1.46. The number of benzene rings is 1. The van der Waals surface area contributed by atoms with Crippen molar-refractivity contribution < 1.29 is 4.79 Å². The quantitative estimate of drug-likeness (QED) is 0.480. The highest BCUT2D eigenvalue weighted by Crippen LogP contribution is 2.17. The minimum Gasteiger partial charge on any atom is -0.364 e. The molecular weight excluding hydrogens is 326 g/mol. The van der Waals surface area contributed by atoms with Crippen molar-refractivity contribution >= 4 is 17.6 Å². The molecule has 6 heteroatoms. The predicted molar refractivity (Wildman–Crippen MR) is 106 cm³/mol. The smallest absolute Gasteiger partial charge is 0.222 e. The predicted octanol–water partition coefficient (Wildman–Crippen LogP) is 1.74. The largest absolute Gasteiger partial charge is 0.364 e. The van der Waals surface area contributed by atoms with Crippen LogP contribution in [0.3, 0.4) is 0 Å². The van der Waals surface area contributed by atoms with Crippen molar-refractivity contribution in [3.05, 3.63) is 42.0 Å². The van der Waals surface area contributed by atoms with Crippen molar-refractivity contribution in [1.29, 1.82) is 0 Å². The van der Waals surface area contributed by atoms with Crippen molar-refractivity contribution in [2.24, 2.45) is 4.99 Å². The molecule has 2 aliphatic heterocycles. The summed E-state index contributed by atoms with van der Waals surface area (Å²) in [6.07, 6.45) is 5.93. The number of aliphatic imine (C=N–C) groups is 1. The van der Waals surface area contributed by atoms with E-state index >= 15 is 0 Å². The first-order valence-corrected chi connectivity index (χ1v) is 9.43. The maximum Gasteiger partial charge on any atom is 0.222 e. The number of nitrogens with one attached hydrogen (secondary N) is 2. The van der Waals surface area contributed by atoms with Crippen molar-refractivity contribution in [3.8, 4) is 0 Å². The molecule has 0 bridgehead atoms. The van der Waals surface area contributed by atoms with Crippen LogP contribution in [0.1, 0.15) is 25.3 Å². The van der Waals surface area contributed by atoms with E-state index in [4.69, 9.17) is 0 Å². The third-order valence-electron chi connectivity index (χ3n) is 4.99. The van der Waals surface area contributed by atoms with Crippen molar-refractivity contribution in [2.45, 2.75) is 32.4 Å². The van der Waals surface area contributed by atoms with Gasteiger partial charge in [-0.1, -0.05) is 31.2 Å². The van der Waals surface area contributed by atoms with Crippen LogP contribution in [-0.4, -0.2) is 56.0 Å². The molecule has 6 nitrogen and oxygen atoms in total. The van der Waals surface area contributed by atoms with E-state index in [0.717, 1.165) is 45.1 Å². The van der Waals surface area contributed by atoms with Gasteiger partial charge in [-0.2, -0.15) is 0 Å². The van der Waals surface area contributed by atoms with Crippen LogP contribution < -0.4 is 15.5 Å². The lowest BCUT2D eigenvalue weighted by Crippen LogP contribution is -2.44. The first-order chi connectivity index (χ1) is 12.7. The molecule has 140 valence electrons. The summed E-state index contributed by atoms with van der Waals surface area (Å²) in [6.45, 7) is 6.21. The normalized spacial score (nSPS) is 19.9. The van der Waals surface area contributed by atoms with Crippen LogP contribution in [0.2, 0.25) is 0 Å². The minimum absolute atomic E-state index is 0.227. The van der Waals surface area contributed by atoms with Gasteiger partial charge in [-0.25, -0.2) is 0 Å². The van der Waals surface area contributed by atoms with E-state index in [0.29, 0.717) is 6.42 Å². The lowest BCUT2D eigenvalue weighted by Gasteiger charge is -2.19. The Bertz CT molecular complexity index is 659. The third-order valence-corrected chi connectivity index (χ3v) is 4.99. The molecule has 1 amide bonds. The second kappa shape index (κ2) is 8.74. The summed E-state index contributed by atoms with van der Waals surface area (Å²) < 4.78 is 0. The molecule has 0 radical (unpaired) electrons. The Kier molecular flexibility index (Phi) is 6.15. The van der Waals surface area contributed by atoms with E-state index in [9.17, 15) is 4.79 Å². The van der Waals surface area contributed by atoms with Crippen LogP contribution in [0.4, 0.5) is 5.69 Å². The molecule has 1 aromatic rings. The Morgan fingerprint density at radius 2 is 1.96 bits per heavy atom. The van der Waals surface area contributed by atoms with Crippen LogP contribution in [-0.2, 0) is 11.3 Å². The van der Waals surface area contributed by atoms with Crippen LogP contribution in [0, 0.1) is 0 Å². The van der Waals surface area contributed by atoms with Gasteiger partial charge in [0.25, 0.3) is 0 Å². The maximum absolute atomic E-state index is 11.8. The van der Waals surface area contributed by atoms with Gasteiger partial charge in [-0.3, -0.25) is 9.79 Å². The van der Waals surface area contributed by atoms with Crippen molar-refractivity contribution in [2.75, 3.05) is 38.1 Å². The standard InChI is InChI=1S/C20H29N5O/c1-3-19(26)25-13-10-17(15-25)23-20(21-2)22-14-16-6-8-18(9-7-16)24-11-4-5-12-24/h4-9,17H,3,10-15H2,1-2H3,(H2,21,22,23). The van der Waals surface area contributed by atoms with E-state index < -0.39 is 0 Å². The fourth-order valence-electron chi connectivity index (χ4n) is 3.42. The molecule has 1 unspecified atom stereocenters. The number of hydrogen-bond acceptors (Lipinski definition) is 3. The lowest BCUT2D eigenvalue weighted by atomic mass is 10.2. The molecule has 2 aliphatic rings. The zero-order valence-corrected chi connectivity index (χ0v) is 15.7. The fourth-order valence-corrected chi connectivity index (χ4v) is 3.42. The molecule has 0 aliphatic carbocycles. The fraction of sp³-hybridized carbons (Fsp3) is 0.500. The van der Waals surface area contributed by atoms with Gasteiger partial charge < -0.3 is 20.4 Å². The molecule has 1 saturated heterocycles. The van der Waals surface area contributed by atoms with Gasteiger partial charge in [0.05, 0.1) is 0 Å². The Hall–Kier alpha value is -2.50. The number of anilines is 1. The highest BCUT2D eigenvalue weighted by atomic mass is 16.2. The second-order valence-corrected chi connectivity index (χ2v) is 6.79. The van der Waals surface area contributed by atoms with Crippen LogP contribution in [0.5, 0.6) is 0 Å². The summed E-state index contributed by atoms with van der Waals surface area (Å²) in [7, 11) is 1.78. The molecule has 2 N–H and O–H groups in total.